The van der Waals surface area contributed by atoms with E-state index in [1.165, 1.54) is 7.11 Å². The van der Waals surface area contributed by atoms with Crippen molar-refractivity contribution in [1.82, 2.24) is 0 Å². The molecule has 1 heterocycles. The van der Waals surface area contributed by atoms with Gasteiger partial charge in [0, 0.05) is 7.11 Å². The number of terminal acetylenes is 3. The minimum atomic E-state index is -0.779. The van der Waals surface area contributed by atoms with Crippen molar-refractivity contribution in [2.45, 2.75) is 30.7 Å². The normalized spacial score (nSPS) is 31.0. The molecule has 1 N–H and O–H groups in total. The Morgan fingerprint density at radius 1 is 0.909 bits per heavy atom. The molecule has 22 heavy (non-hydrogen) atoms. The molecule has 0 aromatic carbocycles. The standard InChI is InChI=1S/C16H20O6/c1-5-8-19-13-12(11-17)22-16(18-4)15(21-10-7-3)14(13)20-9-6-2/h1-3,12-17H,8-11H2,4H3/t12-,13-,14+,15-,16-/m1/s1. The molecule has 120 valence electrons. The zero-order valence-electron chi connectivity index (χ0n) is 12.4. The Balaban J connectivity index is 2.99. The van der Waals surface area contributed by atoms with Gasteiger partial charge >= 0.3 is 0 Å². The molecule has 0 bridgehead atoms. The Labute approximate surface area is 131 Å². The first-order valence-corrected chi connectivity index (χ1v) is 6.67. The third-order valence-corrected chi connectivity index (χ3v) is 3.08. The van der Waals surface area contributed by atoms with Gasteiger partial charge in [0.15, 0.2) is 6.29 Å². The fourth-order valence-electron chi connectivity index (χ4n) is 2.22. The molecule has 0 aliphatic carbocycles. The van der Waals surface area contributed by atoms with E-state index in [2.05, 4.69) is 17.8 Å². The molecule has 1 aliphatic heterocycles. The fourth-order valence-corrected chi connectivity index (χ4v) is 2.22. The SMILES string of the molecule is C#CCO[C@@H]1[C@@H](OCC#C)[C@H](OC)O[C@H](CO)[C@H]1OCC#C. The van der Waals surface area contributed by atoms with Crippen LogP contribution in [0.2, 0.25) is 0 Å². The van der Waals surface area contributed by atoms with Crippen LogP contribution < -0.4 is 0 Å². The van der Waals surface area contributed by atoms with Crippen LogP contribution in [0.15, 0.2) is 0 Å². The van der Waals surface area contributed by atoms with Crippen molar-refractivity contribution in [3.05, 3.63) is 0 Å². The van der Waals surface area contributed by atoms with Crippen LogP contribution in [0.1, 0.15) is 0 Å². The summed E-state index contributed by atoms with van der Waals surface area (Å²) in [5.41, 5.74) is 0. The number of aliphatic hydroxyl groups excluding tert-OH is 1. The third-order valence-electron chi connectivity index (χ3n) is 3.08. The summed E-state index contributed by atoms with van der Waals surface area (Å²) in [6.07, 6.45) is 12.2. The Hall–Kier alpha value is -1.56. The van der Waals surface area contributed by atoms with Gasteiger partial charge in [-0.05, 0) is 0 Å². The summed E-state index contributed by atoms with van der Waals surface area (Å²) in [6.45, 7) is -0.201. The lowest BCUT2D eigenvalue weighted by atomic mass is 9.98. The van der Waals surface area contributed by atoms with E-state index >= 15 is 0 Å². The molecular formula is C16H20O6. The van der Waals surface area contributed by atoms with E-state index in [-0.39, 0.29) is 26.4 Å². The molecule has 0 saturated carbocycles. The average Bonchev–Trinajstić information content (AvgIpc) is 2.55. The summed E-state index contributed by atoms with van der Waals surface area (Å²) in [5, 5.41) is 9.50. The molecule has 0 unspecified atom stereocenters. The number of aliphatic hydroxyl groups is 1. The van der Waals surface area contributed by atoms with Crippen LogP contribution in [0.3, 0.4) is 0 Å². The predicted molar refractivity (Wildman–Crippen MR) is 78.5 cm³/mol. The summed E-state index contributed by atoms with van der Waals surface area (Å²) in [5.74, 6) is 7.10. The van der Waals surface area contributed by atoms with Crippen LogP contribution in [0.25, 0.3) is 0 Å². The molecule has 0 aromatic heterocycles. The highest BCUT2D eigenvalue weighted by molar-refractivity contribution is 4.97. The minimum absolute atomic E-state index is 0.0277. The average molecular weight is 308 g/mol. The molecule has 0 radical (unpaired) electrons. The molecule has 0 aromatic rings. The quantitative estimate of drug-likeness (QED) is 0.604. The van der Waals surface area contributed by atoms with Crippen molar-refractivity contribution in [2.75, 3.05) is 33.5 Å². The molecule has 6 nitrogen and oxygen atoms in total. The lowest BCUT2D eigenvalue weighted by Gasteiger charge is -2.44. The number of ether oxygens (including phenoxy) is 5. The Morgan fingerprint density at radius 2 is 1.41 bits per heavy atom. The number of methoxy groups -OCH3 is 1. The van der Waals surface area contributed by atoms with Crippen molar-refractivity contribution in [3.8, 4) is 37.0 Å². The summed E-state index contributed by atoms with van der Waals surface area (Å²) < 4.78 is 27.6. The maximum Gasteiger partial charge on any atom is 0.186 e. The van der Waals surface area contributed by atoms with E-state index in [0.717, 1.165) is 0 Å². The third kappa shape index (κ3) is 4.73. The minimum Gasteiger partial charge on any atom is -0.394 e. The van der Waals surface area contributed by atoms with Gasteiger partial charge in [0.25, 0.3) is 0 Å². The van der Waals surface area contributed by atoms with Crippen molar-refractivity contribution >= 4 is 0 Å². The highest BCUT2D eigenvalue weighted by atomic mass is 16.7. The first kappa shape index (κ1) is 18.5. The lowest BCUT2D eigenvalue weighted by molar-refractivity contribution is -0.312. The molecule has 5 atom stereocenters. The molecule has 0 amide bonds. The van der Waals surface area contributed by atoms with Crippen molar-refractivity contribution in [1.29, 1.82) is 0 Å². The van der Waals surface area contributed by atoms with Gasteiger partial charge in [0.05, 0.1) is 6.61 Å². The van der Waals surface area contributed by atoms with Gasteiger partial charge in [-0.1, -0.05) is 17.8 Å². The zero-order chi connectivity index (χ0) is 16.4. The Bertz CT molecular complexity index is 411. The maximum atomic E-state index is 9.50. The van der Waals surface area contributed by atoms with Crippen molar-refractivity contribution in [2.24, 2.45) is 0 Å². The number of rotatable bonds is 8. The molecule has 1 aliphatic rings. The largest absolute Gasteiger partial charge is 0.394 e. The van der Waals surface area contributed by atoms with Gasteiger partial charge in [0.1, 0.15) is 44.2 Å². The van der Waals surface area contributed by atoms with Crippen LogP contribution in [-0.4, -0.2) is 69.3 Å². The van der Waals surface area contributed by atoms with Crippen molar-refractivity contribution in [3.63, 3.8) is 0 Å². The van der Waals surface area contributed by atoms with Gasteiger partial charge in [-0.25, -0.2) is 0 Å². The number of hydrogen-bond acceptors (Lipinski definition) is 6. The highest BCUT2D eigenvalue weighted by Gasteiger charge is 2.48. The second-order valence-electron chi connectivity index (χ2n) is 4.40. The van der Waals surface area contributed by atoms with E-state index in [1.54, 1.807) is 0 Å². The van der Waals surface area contributed by atoms with Crippen LogP contribution in [-0.2, 0) is 23.7 Å². The molecule has 1 fully saturated rings. The van der Waals surface area contributed by atoms with Gasteiger partial charge in [-0.3, -0.25) is 0 Å². The van der Waals surface area contributed by atoms with E-state index in [9.17, 15) is 5.11 Å². The van der Waals surface area contributed by atoms with Gasteiger partial charge in [-0.15, -0.1) is 19.3 Å². The van der Waals surface area contributed by atoms with Crippen LogP contribution in [0, 0.1) is 37.0 Å². The second kappa shape index (κ2) is 10.2. The van der Waals surface area contributed by atoms with Gasteiger partial charge in [0.2, 0.25) is 0 Å². The van der Waals surface area contributed by atoms with Crippen LogP contribution in [0.5, 0.6) is 0 Å². The van der Waals surface area contributed by atoms with Crippen LogP contribution in [0.4, 0.5) is 0 Å². The van der Waals surface area contributed by atoms with Crippen LogP contribution >= 0.6 is 0 Å². The zero-order valence-corrected chi connectivity index (χ0v) is 12.4. The highest BCUT2D eigenvalue weighted by Crippen LogP contribution is 2.28. The molecular weight excluding hydrogens is 288 g/mol. The summed E-state index contributed by atoms with van der Waals surface area (Å²) in [6, 6.07) is 0. The monoisotopic (exact) mass is 308 g/mol. The van der Waals surface area contributed by atoms with E-state index in [4.69, 9.17) is 43.0 Å². The summed E-state index contributed by atoms with van der Waals surface area (Å²) in [4.78, 5) is 0. The predicted octanol–water partition coefficient (Wildman–Crippen LogP) is -0.595. The second-order valence-corrected chi connectivity index (χ2v) is 4.40. The van der Waals surface area contributed by atoms with Gasteiger partial charge < -0.3 is 28.8 Å². The first-order chi connectivity index (χ1) is 10.7. The van der Waals surface area contributed by atoms with E-state index < -0.39 is 30.7 Å². The Kier molecular flexibility index (Phi) is 8.58. The molecule has 0 spiro atoms. The molecule has 6 heteroatoms. The first-order valence-electron chi connectivity index (χ1n) is 6.67. The molecule has 1 rings (SSSR count). The van der Waals surface area contributed by atoms with E-state index in [0.29, 0.717) is 0 Å². The van der Waals surface area contributed by atoms with Crippen molar-refractivity contribution < 1.29 is 28.8 Å². The fraction of sp³-hybridized carbons (Fsp3) is 0.625. The summed E-state index contributed by atoms with van der Waals surface area (Å²) >= 11 is 0. The van der Waals surface area contributed by atoms with E-state index in [1.807, 2.05) is 0 Å². The molecule has 1 saturated heterocycles. The smallest absolute Gasteiger partial charge is 0.186 e. The van der Waals surface area contributed by atoms with Gasteiger partial charge in [-0.2, -0.15) is 0 Å². The lowest BCUT2D eigenvalue weighted by Crippen LogP contribution is -2.61. The number of hydrogen-bond donors (Lipinski definition) is 1. The topological polar surface area (TPSA) is 66.4 Å². The maximum absolute atomic E-state index is 9.50. The Morgan fingerprint density at radius 3 is 1.86 bits per heavy atom. The summed E-state index contributed by atoms with van der Waals surface area (Å²) in [7, 11) is 1.45.